The van der Waals surface area contributed by atoms with Gasteiger partial charge in [-0.3, -0.25) is 4.98 Å². The molecule has 1 heterocycles. The first-order valence-electron chi connectivity index (χ1n) is 6.26. The highest BCUT2D eigenvalue weighted by molar-refractivity contribution is 9.10. The van der Waals surface area contributed by atoms with Gasteiger partial charge in [0.1, 0.15) is 16.3 Å². The van der Waals surface area contributed by atoms with Crippen LogP contribution in [0.5, 0.6) is 11.5 Å². The summed E-state index contributed by atoms with van der Waals surface area (Å²) in [5, 5.41) is 1.02. The molecule has 0 amide bonds. The molecular weight excluding hydrogens is 348 g/mol. The van der Waals surface area contributed by atoms with Crippen LogP contribution >= 0.6 is 28.1 Å². The van der Waals surface area contributed by atoms with Crippen LogP contribution in [-0.4, -0.2) is 9.97 Å². The van der Waals surface area contributed by atoms with Gasteiger partial charge in [-0.1, -0.05) is 46.3 Å². The number of para-hydroxylation sites is 1. The van der Waals surface area contributed by atoms with Gasteiger partial charge in [0.25, 0.3) is 0 Å². The minimum absolute atomic E-state index is 0.297. The molecule has 0 unspecified atom stereocenters. The number of halogens is 1. The number of hydrogen-bond acceptors (Lipinski definition) is 3. The number of fused-ring (bicyclic) bond motifs is 1. The number of thiocarbonyl (C=S) groups is 1. The molecule has 0 aliphatic rings. The molecule has 0 aliphatic carbocycles. The molecule has 2 N–H and O–H groups in total. The van der Waals surface area contributed by atoms with Gasteiger partial charge in [0.2, 0.25) is 0 Å². The molecule has 3 rings (SSSR count). The standard InChI is InChI=1S/C16H11BrN2OS/c17-11-6-7-12(16(18)21)14(9-11)20-13-5-1-3-10-4-2-8-19-15(10)13/h1-9H,(H2,18,21). The maximum absolute atomic E-state index is 6.00. The van der Waals surface area contributed by atoms with E-state index in [1.165, 1.54) is 0 Å². The van der Waals surface area contributed by atoms with Crippen LogP contribution in [0.4, 0.5) is 0 Å². The third-order valence-corrected chi connectivity index (χ3v) is 3.74. The van der Waals surface area contributed by atoms with E-state index < -0.39 is 0 Å². The van der Waals surface area contributed by atoms with Crippen LogP contribution in [0.2, 0.25) is 0 Å². The molecule has 0 saturated carbocycles. The van der Waals surface area contributed by atoms with Crippen LogP contribution < -0.4 is 10.5 Å². The van der Waals surface area contributed by atoms with Gasteiger partial charge in [-0.05, 0) is 30.3 Å². The van der Waals surface area contributed by atoms with Gasteiger partial charge >= 0.3 is 0 Å². The van der Waals surface area contributed by atoms with E-state index in [4.69, 9.17) is 22.7 Å². The van der Waals surface area contributed by atoms with Crippen LogP contribution in [-0.2, 0) is 0 Å². The van der Waals surface area contributed by atoms with Crippen molar-refractivity contribution in [1.82, 2.24) is 4.98 Å². The Morgan fingerprint density at radius 1 is 1.10 bits per heavy atom. The summed E-state index contributed by atoms with van der Waals surface area (Å²) >= 11 is 8.50. The second-order valence-electron chi connectivity index (χ2n) is 4.44. The van der Waals surface area contributed by atoms with Gasteiger partial charge < -0.3 is 10.5 Å². The number of benzene rings is 2. The predicted octanol–water partition coefficient (Wildman–Crippen LogP) is 4.42. The Hall–Kier alpha value is -1.98. The average Bonchev–Trinajstić information content (AvgIpc) is 2.47. The van der Waals surface area contributed by atoms with Crippen LogP contribution in [0.3, 0.4) is 0 Å². The molecule has 3 nitrogen and oxygen atoms in total. The second kappa shape index (κ2) is 5.79. The number of aromatic nitrogens is 1. The summed E-state index contributed by atoms with van der Waals surface area (Å²) < 4.78 is 6.90. The fourth-order valence-electron chi connectivity index (χ4n) is 2.06. The summed E-state index contributed by atoms with van der Waals surface area (Å²) in [7, 11) is 0. The SMILES string of the molecule is NC(=S)c1ccc(Br)cc1Oc1cccc2cccnc12. The summed E-state index contributed by atoms with van der Waals surface area (Å²) in [4.78, 5) is 4.67. The fourth-order valence-corrected chi connectivity index (χ4v) is 2.57. The quantitative estimate of drug-likeness (QED) is 0.703. The minimum Gasteiger partial charge on any atom is -0.454 e. The van der Waals surface area contributed by atoms with Gasteiger partial charge in [0.05, 0.1) is 5.56 Å². The lowest BCUT2D eigenvalue weighted by atomic mass is 10.2. The summed E-state index contributed by atoms with van der Waals surface area (Å²) in [6.45, 7) is 0. The smallest absolute Gasteiger partial charge is 0.153 e. The van der Waals surface area contributed by atoms with Crippen molar-refractivity contribution >= 4 is 44.0 Å². The Labute approximate surface area is 135 Å². The number of ether oxygens (including phenoxy) is 1. The molecule has 3 aromatic rings. The molecule has 0 atom stereocenters. The van der Waals surface area contributed by atoms with Gasteiger partial charge in [-0.2, -0.15) is 0 Å². The van der Waals surface area contributed by atoms with E-state index in [-0.39, 0.29) is 0 Å². The maximum atomic E-state index is 6.00. The van der Waals surface area contributed by atoms with E-state index >= 15 is 0 Å². The molecule has 1 aromatic heterocycles. The van der Waals surface area contributed by atoms with E-state index in [0.29, 0.717) is 22.1 Å². The number of nitrogens with two attached hydrogens (primary N) is 1. The van der Waals surface area contributed by atoms with Crippen LogP contribution in [0.1, 0.15) is 5.56 Å². The van der Waals surface area contributed by atoms with Crippen molar-refractivity contribution in [3.8, 4) is 11.5 Å². The Balaban J connectivity index is 2.11. The van der Waals surface area contributed by atoms with E-state index in [0.717, 1.165) is 15.4 Å². The Kier molecular flexibility index (Phi) is 3.86. The van der Waals surface area contributed by atoms with Crippen molar-refractivity contribution < 1.29 is 4.74 Å². The highest BCUT2D eigenvalue weighted by Crippen LogP contribution is 2.32. The molecule has 0 saturated heterocycles. The number of rotatable bonds is 3. The van der Waals surface area contributed by atoms with E-state index in [1.807, 2.05) is 48.5 Å². The van der Waals surface area contributed by atoms with Crippen molar-refractivity contribution in [3.05, 3.63) is 64.8 Å². The topological polar surface area (TPSA) is 48.1 Å². The molecule has 5 heteroatoms. The molecule has 2 aromatic carbocycles. The average molecular weight is 359 g/mol. The molecule has 0 spiro atoms. The zero-order valence-corrected chi connectivity index (χ0v) is 13.3. The maximum Gasteiger partial charge on any atom is 0.153 e. The van der Waals surface area contributed by atoms with Gasteiger partial charge in [-0.15, -0.1) is 0 Å². The lowest BCUT2D eigenvalue weighted by Crippen LogP contribution is -2.10. The molecule has 21 heavy (non-hydrogen) atoms. The minimum atomic E-state index is 0.297. The van der Waals surface area contributed by atoms with Crippen LogP contribution in [0.15, 0.2) is 59.2 Å². The van der Waals surface area contributed by atoms with Crippen molar-refractivity contribution in [3.63, 3.8) is 0 Å². The summed E-state index contributed by atoms with van der Waals surface area (Å²) in [5.41, 5.74) is 7.25. The molecule has 104 valence electrons. The van der Waals surface area contributed by atoms with Crippen molar-refractivity contribution in [2.45, 2.75) is 0 Å². The summed E-state index contributed by atoms with van der Waals surface area (Å²) in [6, 6.07) is 15.2. The monoisotopic (exact) mass is 358 g/mol. The highest BCUT2D eigenvalue weighted by Gasteiger charge is 2.10. The first kappa shape index (κ1) is 14.0. The summed E-state index contributed by atoms with van der Waals surface area (Å²) in [6.07, 6.45) is 1.74. The first-order chi connectivity index (χ1) is 10.1. The Morgan fingerprint density at radius 2 is 1.90 bits per heavy atom. The third kappa shape index (κ3) is 2.89. The number of nitrogens with zero attached hydrogens (tertiary/aromatic N) is 1. The lowest BCUT2D eigenvalue weighted by molar-refractivity contribution is 0.486. The van der Waals surface area contributed by atoms with E-state index in [1.54, 1.807) is 6.20 Å². The predicted molar refractivity (Wildman–Crippen MR) is 91.8 cm³/mol. The lowest BCUT2D eigenvalue weighted by Gasteiger charge is -2.12. The zero-order chi connectivity index (χ0) is 14.8. The second-order valence-corrected chi connectivity index (χ2v) is 5.79. The Bertz CT molecular complexity index is 830. The highest BCUT2D eigenvalue weighted by atomic mass is 79.9. The molecular formula is C16H11BrN2OS. The van der Waals surface area contributed by atoms with Gasteiger partial charge in [0, 0.05) is 16.1 Å². The van der Waals surface area contributed by atoms with Crippen molar-refractivity contribution in [1.29, 1.82) is 0 Å². The van der Waals surface area contributed by atoms with Crippen molar-refractivity contribution in [2.75, 3.05) is 0 Å². The summed E-state index contributed by atoms with van der Waals surface area (Å²) in [5.74, 6) is 1.28. The molecule has 0 radical (unpaired) electrons. The molecule has 0 bridgehead atoms. The third-order valence-electron chi connectivity index (χ3n) is 3.02. The first-order valence-corrected chi connectivity index (χ1v) is 7.46. The van der Waals surface area contributed by atoms with E-state index in [9.17, 15) is 0 Å². The van der Waals surface area contributed by atoms with Gasteiger partial charge in [-0.25, -0.2) is 0 Å². The molecule has 0 aliphatic heterocycles. The largest absolute Gasteiger partial charge is 0.454 e. The van der Waals surface area contributed by atoms with Crippen LogP contribution in [0.25, 0.3) is 10.9 Å². The number of pyridine rings is 1. The fraction of sp³-hybridized carbons (Fsp3) is 0. The number of hydrogen-bond donors (Lipinski definition) is 1. The zero-order valence-electron chi connectivity index (χ0n) is 10.9. The van der Waals surface area contributed by atoms with Crippen molar-refractivity contribution in [2.24, 2.45) is 5.73 Å². The normalized spacial score (nSPS) is 10.5. The van der Waals surface area contributed by atoms with Gasteiger partial charge in [0.15, 0.2) is 5.75 Å². The molecule has 0 fully saturated rings. The Morgan fingerprint density at radius 3 is 2.71 bits per heavy atom. The van der Waals surface area contributed by atoms with Crippen LogP contribution in [0, 0.1) is 0 Å². The van der Waals surface area contributed by atoms with E-state index in [2.05, 4.69) is 20.9 Å².